The first-order valence-corrected chi connectivity index (χ1v) is 10.1. The van der Waals surface area contributed by atoms with E-state index >= 15 is 0 Å². The first-order valence-electron chi connectivity index (χ1n) is 7.72. The molecule has 2 N–H and O–H groups in total. The molecule has 0 aliphatic carbocycles. The van der Waals surface area contributed by atoms with Crippen LogP contribution in [0, 0.1) is 0 Å². The van der Waals surface area contributed by atoms with Gasteiger partial charge in [-0.25, -0.2) is 26.9 Å². The van der Waals surface area contributed by atoms with Crippen LogP contribution in [-0.4, -0.2) is 49.0 Å². The number of aromatic nitrogens is 4. The molecule has 0 bridgehead atoms. The Labute approximate surface area is 162 Å². The van der Waals surface area contributed by atoms with E-state index in [1.807, 2.05) is 0 Å². The van der Waals surface area contributed by atoms with Gasteiger partial charge < -0.3 is 14.5 Å². The second kappa shape index (κ2) is 8.06. The van der Waals surface area contributed by atoms with Crippen LogP contribution in [0.25, 0.3) is 10.7 Å². The molecule has 0 atom stereocenters. The molecule has 0 aliphatic heterocycles. The van der Waals surface area contributed by atoms with Crippen molar-refractivity contribution in [2.75, 3.05) is 18.9 Å². The summed E-state index contributed by atoms with van der Waals surface area (Å²) >= 11 is 1.34. The van der Waals surface area contributed by atoms with Crippen LogP contribution in [0.5, 0.6) is 11.8 Å². The molecule has 13 heteroatoms. The van der Waals surface area contributed by atoms with Gasteiger partial charge in [-0.2, -0.15) is 9.97 Å². The molecule has 28 heavy (non-hydrogen) atoms. The quantitative estimate of drug-likeness (QED) is 0.562. The number of halogens is 2. The minimum absolute atomic E-state index is 0.0596. The van der Waals surface area contributed by atoms with E-state index in [1.54, 1.807) is 11.6 Å². The van der Waals surface area contributed by atoms with Crippen molar-refractivity contribution in [3.63, 3.8) is 0 Å². The Kier molecular flexibility index (Phi) is 5.74. The molecule has 150 valence electrons. The van der Waals surface area contributed by atoms with Gasteiger partial charge in [0.25, 0.3) is 10.0 Å². The van der Waals surface area contributed by atoms with Crippen molar-refractivity contribution in [3.05, 3.63) is 29.4 Å². The second-order valence-electron chi connectivity index (χ2n) is 5.33. The van der Waals surface area contributed by atoms with Crippen molar-refractivity contribution in [1.82, 2.24) is 19.9 Å². The highest BCUT2D eigenvalue weighted by Gasteiger charge is 2.23. The number of sulfonamides is 1. The minimum atomic E-state index is -4.06. The van der Waals surface area contributed by atoms with Gasteiger partial charge in [0.2, 0.25) is 24.1 Å². The number of nitrogens with zero attached hydrogens (tertiary/aromatic N) is 3. The lowest BCUT2D eigenvalue weighted by atomic mass is 10.2. The number of H-pyrrole nitrogens is 1. The summed E-state index contributed by atoms with van der Waals surface area (Å²) in [7, 11) is -1.61. The average Bonchev–Trinajstić information content (AvgIpc) is 3.33. The van der Waals surface area contributed by atoms with Crippen molar-refractivity contribution in [3.8, 4) is 22.5 Å². The highest BCUT2D eigenvalue weighted by molar-refractivity contribution is 7.92. The van der Waals surface area contributed by atoms with Crippen LogP contribution in [0.3, 0.4) is 0 Å². The number of hydrogen-bond acceptors (Lipinski definition) is 8. The lowest BCUT2D eigenvalue weighted by Crippen LogP contribution is -2.16. The normalized spacial score (nSPS) is 11.6. The SMILES string of the molecule is COc1nc(NS(=O)(=O)c2c[nH]c(-c3nccs3)c2)nc(OC)c1CC(F)F. The molecule has 0 fully saturated rings. The second-order valence-corrected chi connectivity index (χ2v) is 7.91. The van der Waals surface area contributed by atoms with Crippen molar-refractivity contribution in [2.24, 2.45) is 0 Å². The molecule has 9 nitrogen and oxygen atoms in total. The molecule has 0 aromatic carbocycles. The summed E-state index contributed by atoms with van der Waals surface area (Å²) in [6.45, 7) is 0. The zero-order valence-electron chi connectivity index (χ0n) is 14.6. The first kappa shape index (κ1) is 19.9. The van der Waals surface area contributed by atoms with Gasteiger partial charge in [-0.3, -0.25) is 0 Å². The van der Waals surface area contributed by atoms with Gasteiger partial charge in [0.05, 0.1) is 25.5 Å². The van der Waals surface area contributed by atoms with Gasteiger partial charge in [0, 0.05) is 24.2 Å². The maximum absolute atomic E-state index is 12.8. The minimum Gasteiger partial charge on any atom is -0.481 e. The summed E-state index contributed by atoms with van der Waals surface area (Å²) in [6.07, 6.45) is -0.494. The molecule has 3 rings (SSSR count). The summed E-state index contributed by atoms with van der Waals surface area (Å²) in [6, 6.07) is 1.40. The third kappa shape index (κ3) is 4.20. The number of anilines is 1. The number of methoxy groups -OCH3 is 2. The number of thiazole rings is 1. The Hall–Kier alpha value is -2.80. The molecule has 0 saturated heterocycles. The molecule has 0 unspecified atom stereocenters. The van der Waals surface area contributed by atoms with Crippen molar-refractivity contribution >= 4 is 27.3 Å². The fourth-order valence-electron chi connectivity index (χ4n) is 2.34. The van der Waals surface area contributed by atoms with Gasteiger partial charge in [-0.1, -0.05) is 0 Å². The van der Waals surface area contributed by atoms with Crippen LogP contribution >= 0.6 is 11.3 Å². The topological polar surface area (TPSA) is 119 Å². The fourth-order valence-corrected chi connectivity index (χ4v) is 3.90. The monoisotopic (exact) mass is 431 g/mol. The standard InChI is InChI=1S/C15H15F2N5O4S2/c1-25-12-9(6-11(16)17)13(26-2)21-15(20-12)22-28(23,24)8-5-10(19-7-8)14-18-3-4-27-14/h3-5,7,11,19H,6H2,1-2H3,(H,20,21,22). The van der Waals surface area contributed by atoms with E-state index in [0.717, 1.165) is 0 Å². The summed E-state index contributed by atoms with van der Waals surface area (Å²) in [5.74, 6) is -0.784. The van der Waals surface area contributed by atoms with E-state index < -0.39 is 22.9 Å². The Morgan fingerprint density at radius 1 is 1.25 bits per heavy atom. The van der Waals surface area contributed by atoms with Crippen molar-refractivity contribution in [1.29, 1.82) is 0 Å². The van der Waals surface area contributed by atoms with Gasteiger partial charge in [-0.05, 0) is 6.07 Å². The zero-order valence-corrected chi connectivity index (χ0v) is 16.3. The van der Waals surface area contributed by atoms with E-state index in [0.29, 0.717) is 10.7 Å². The largest absolute Gasteiger partial charge is 0.481 e. The first-order chi connectivity index (χ1) is 13.3. The number of alkyl halides is 2. The van der Waals surface area contributed by atoms with Gasteiger partial charge in [0.15, 0.2) is 0 Å². The number of aromatic amines is 1. The van der Waals surface area contributed by atoms with Gasteiger partial charge in [0.1, 0.15) is 9.90 Å². The van der Waals surface area contributed by atoms with E-state index in [-0.39, 0.29) is 28.2 Å². The van der Waals surface area contributed by atoms with Crippen LogP contribution in [0.2, 0.25) is 0 Å². The number of nitrogens with one attached hydrogen (secondary N) is 2. The molecule has 3 aromatic rings. The summed E-state index contributed by atoms with van der Waals surface area (Å²) < 4.78 is 63.0. The van der Waals surface area contributed by atoms with Crippen LogP contribution in [0.1, 0.15) is 5.56 Å². The number of hydrogen-bond donors (Lipinski definition) is 2. The maximum atomic E-state index is 12.8. The molecule has 0 radical (unpaired) electrons. The van der Waals surface area contributed by atoms with Gasteiger partial charge in [-0.15, -0.1) is 11.3 Å². The summed E-state index contributed by atoms with van der Waals surface area (Å²) in [5.41, 5.74) is 0.467. The lowest BCUT2D eigenvalue weighted by molar-refractivity contribution is 0.146. The van der Waals surface area contributed by atoms with E-state index in [9.17, 15) is 17.2 Å². The smallest absolute Gasteiger partial charge is 0.265 e. The zero-order chi connectivity index (χ0) is 20.3. The Bertz CT molecular complexity index is 1030. The fraction of sp³-hybridized carbons (Fsp3) is 0.267. The third-order valence-corrected chi connectivity index (χ3v) is 5.65. The van der Waals surface area contributed by atoms with Crippen LogP contribution in [0.15, 0.2) is 28.7 Å². The molecule has 0 spiro atoms. The van der Waals surface area contributed by atoms with Crippen molar-refractivity contribution < 1.29 is 26.7 Å². The van der Waals surface area contributed by atoms with Crippen LogP contribution < -0.4 is 14.2 Å². The van der Waals surface area contributed by atoms with Crippen LogP contribution in [0.4, 0.5) is 14.7 Å². The number of rotatable bonds is 8. The summed E-state index contributed by atoms with van der Waals surface area (Å²) in [5, 5.41) is 2.38. The van der Waals surface area contributed by atoms with E-state index in [1.165, 1.54) is 37.8 Å². The average molecular weight is 431 g/mol. The molecule has 0 saturated carbocycles. The Morgan fingerprint density at radius 2 is 1.93 bits per heavy atom. The highest BCUT2D eigenvalue weighted by atomic mass is 32.2. The molecule has 3 aromatic heterocycles. The third-order valence-electron chi connectivity index (χ3n) is 3.53. The summed E-state index contributed by atoms with van der Waals surface area (Å²) in [4.78, 5) is 14.6. The lowest BCUT2D eigenvalue weighted by Gasteiger charge is -2.13. The van der Waals surface area contributed by atoms with Gasteiger partial charge >= 0.3 is 0 Å². The molecule has 3 heterocycles. The maximum Gasteiger partial charge on any atom is 0.265 e. The van der Waals surface area contributed by atoms with E-state index in [4.69, 9.17) is 9.47 Å². The highest BCUT2D eigenvalue weighted by Crippen LogP contribution is 2.30. The van der Waals surface area contributed by atoms with Crippen LogP contribution in [-0.2, 0) is 16.4 Å². The Morgan fingerprint density at radius 3 is 2.46 bits per heavy atom. The predicted molar refractivity (Wildman–Crippen MR) is 97.6 cm³/mol. The predicted octanol–water partition coefficient (Wildman–Crippen LogP) is 2.55. The molecule has 0 amide bonds. The van der Waals surface area contributed by atoms with E-state index in [2.05, 4.69) is 24.7 Å². The van der Waals surface area contributed by atoms with Crippen molar-refractivity contribution in [2.45, 2.75) is 17.7 Å². The molecular formula is C15H15F2N5O4S2. The Balaban J connectivity index is 1.92. The number of ether oxygens (including phenoxy) is 2. The molecule has 0 aliphatic rings. The molecular weight excluding hydrogens is 416 g/mol.